The number of anilines is 1. The Bertz CT molecular complexity index is 889. The monoisotopic (exact) mass is 406 g/mol. The lowest BCUT2D eigenvalue weighted by molar-refractivity contribution is -0.385. The molecule has 5 nitrogen and oxygen atoms in total. The van der Waals surface area contributed by atoms with Gasteiger partial charge < -0.3 is 5.32 Å². The summed E-state index contributed by atoms with van der Waals surface area (Å²) in [4.78, 5) is 22.1. The minimum Gasteiger partial charge on any atom is -0.325 e. The summed E-state index contributed by atoms with van der Waals surface area (Å²) in [5, 5.41) is 11.8. The Morgan fingerprint density at radius 2 is 1.81 bits per heavy atom. The molecule has 0 heterocycles. The number of non-ortho nitro benzene ring substituents is 1. The molecule has 0 radical (unpaired) electrons. The number of carbonyl (C=O) groups excluding carboxylic acids is 1. The van der Waals surface area contributed by atoms with Crippen molar-refractivity contribution in [2.75, 3.05) is 5.32 Å². The Morgan fingerprint density at radius 3 is 2.37 bits per heavy atom. The maximum absolute atomic E-state index is 13.2. The number of nitrogens with zero attached hydrogens (tertiary/aromatic N) is 1. The van der Waals surface area contributed by atoms with Crippen LogP contribution >= 0.6 is 11.8 Å². The fourth-order valence-electron chi connectivity index (χ4n) is 2.03. The standard InChI is InChI=1S/C16H11F5N2O3S/c1-8(27-10-3-4-12(17)13(18)7-10)15(24)22-14-5-2-9(23(25)26)6-11(14)16(19,20)21/h2-8H,1H3,(H,22,24)/t8-/m0/s1. The number of carbonyl (C=O) groups is 1. The van der Waals surface area contributed by atoms with Crippen LogP contribution in [0.4, 0.5) is 33.3 Å². The Hall–Kier alpha value is -2.69. The van der Waals surface area contributed by atoms with Crippen LogP contribution in [0, 0.1) is 21.7 Å². The van der Waals surface area contributed by atoms with E-state index in [-0.39, 0.29) is 4.90 Å². The minimum absolute atomic E-state index is 0.205. The first-order valence-corrected chi connectivity index (χ1v) is 8.15. The fraction of sp³-hybridized carbons (Fsp3) is 0.188. The largest absolute Gasteiger partial charge is 0.418 e. The summed E-state index contributed by atoms with van der Waals surface area (Å²) in [5.41, 5.74) is -2.78. The van der Waals surface area contributed by atoms with Crippen molar-refractivity contribution in [1.29, 1.82) is 0 Å². The van der Waals surface area contributed by atoms with E-state index in [1.165, 1.54) is 13.0 Å². The molecule has 0 bridgehead atoms. The molecule has 1 N–H and O–H groups in total. The van der Waals surface area contributed by atoms with E-state index in [9.17, 15) is 36.9 Å². The topological polar surface area (TPSA) is 72.2 Å². The van der Waals surface area contributed by atoms with Gasteiger partial charge in [-0.05, 0) is 31.2 Å². The summed E-state index contributed by atoms with van der Waals surface area (Å²) < 4.78 is 65.5. The lowest BCUT2D eigenvalue weighted by Crippen LogP contribution is -2.24. The molecule has 0 aromatic heterocycles. The molecule has 1 atom stereocenters. The van der Waals surface area contributed by atoms with Gasteiger partial charge in [-0.3, -0.25) is 14.9 Å². The zero-order chi connectivity index (χ0) is 20.4. The quantitative estimate of drug-likeness (QED) is 0.328. The van der Waals surface area contributed by atoms with Crippen LogP contribution in [0.3, 0.4) is 0 Å². The molecular weight excluding hydrogens is 395 g/mol. The van der Waals surface area contributed by atoms with Crippen LogP contribution in [0.15, 0.2) is 41.3 Å². The van der Waals surface area contributed by atoms with Gasteiger partial charge in [-0.2, -0.15) is 13.2 Å². The first kappa shape index (κ1) is 20.6. The third-order valence-corrected chi connectivity index (χ3v) is 4.44. The SMILES string of the molecule is C[C@H](Sc1ccc(F)c(F)c1)C(=O)Nc1ccc([N+](=O)[O-])cc1C(F)(F)F. The molecule has 27 heavy (non-hydrogen) atoms. The number of hydrogen-bond acceptors (Lipinski definition) is 4. The number of thioether (sulfide) groups is 1. The molecule has 0 aliphatic heterocycles. The smallest absolute Gasteiger partial charge is 0.325 e. The van der Waals surface area contributed by atoms with Crippen LogP contribution < -0.4 is 5.32 Å². The van der Waals surface area contributed by atoms with Crippen molar-refractivity contribution in [3.05, 3.63) is 63.7 Å². The average Bonchev–Trinajstić information content (AvgIpc) is 2.57. The third-order valence-electron chi connectivity index (χ3n) is 3.35. The molecule has 2 aromatic rings. The summed E-state index contributed by atoms with van der Waals surface area (Å²) in [6.45, 7) is 1.36. The van der Waals surface area contributed by atoms with E-state index >= 15 is 0 Å². The fourth-order valence-corrected chi connectivity index (χ4v) is 2.92. The van der Waals surface area contributed by atoms with Crippen molar-refractivity contribution in [3.63, 3.8) is 0 Å². The second-order valence-electron chi connectivity index (χ2n) is 5.31. The number of alkyl halides is 3. The van der Waals surface area contributed by atoms with Gasteiger partial charge in [-0.25, -0.2) is 8.78 Å². The van der Waals surface area contributed by atoms with E-state index in [1.54, 1.807) is 0 Å². The van der Waals surface area contributed by atoms with Gasteiger partial charge in [-0.15, -0.1) is 11.8 Å². The van der Waals surface area contributed by atoms with Gasteiger partial charge in [0.2, 0.25) is 5.91 Å². The van der Waals surface area contributed by atoms with E-state index in [0.717, 1.165) is 36.0 Å². The van der Waals surface area contributed by atoms with Gasteiger partial charge in [-0.1, -0.05) is 0 Å². The highest BCUT2D eigenvalue weighted by Gasteiger charge is 2.36. The summed E-state index contributed by atoms with van der Waals surface area (Å²) in [7, 11) is 0. The van der Waals surface area contributed by atoms with E-state index < -0.39 is 50.8 Å². The average molecular weight is 406 g/mol. The lowest BCUT2D eigenvalue weighted by atomic mass is 10.1. The van der Waals surface area contributed by atoms with Crippen LogP contribution in [0.25, 0.3) is 0 Å². The van der Waals surface area contributed by atoms with Gasteiger partial charge >= 0.3 is 6.18 Å². The first-order valence-electron chi connectivity index (χ1n) is 7.27. The molecule has 1 amide bonds. The van der Waals surface area contributed by atoms with E-state index in [2.05, 4.69) is 5.32 Å². The van der Waals surface area contributed by atoms with Crippen LogP contribution in [0.2, 0.25) is 0 Å². The molecule has 2 aromatic carbocycles. The molecule has 2 rings (SSSR count). The second kappa shape index (κ2) is 7.91. The lowest BCUT2D eigenvalue weighted by Gasteiger charge is -2.16. The number of nitro benzene ring substituents is 1. The number of benzene rings is 2. The zero-order valence-corrected chi connectivity index (χ0v) is 14.3. The number of amides is 1. The molecule has 0 spiro atoms. The maximum atomic E-state index is 13.2. The highest BCUT2D eigenvalue weighted by atomic mass is 32.2. The normalized spacial score (nSPS) is 12.5. The van der Waals surface area contributed by atoms with Crippen molar-refractivity contribution in [1.82, 2.24) is 0 Å². The number of nitro groups is 1. The molecule has 144 valence electrons. The van der Waals surface area contributed by atoms with Crippen molar-refractivity contribution in [2.24, 2.45) is 0 Å². The van der Waals surface area contributed by atoms with Crippen LogP contribution in [0.5, 0.6) is 0 Å². The van der Waals surface area contributed by atoms with Crippen molar-refractivity contribution >= 4 is 29.0 Å². The Balaban J connectivity index is 2.21. The predicted octanol–water partition coefficient (Wildman–Crippen LogP) is 5.01. The number of nitrogens with one attached hydrogen (secondary N) is 1. The second-order valence-corrected chi connectivity index (χ2v) is 6.72. The molecular formula is C16H11F5N2O3S. The zero-order valence-electron chi connectivity index (χ0n) is 13.5. The maximum Gasteiger partial charge on any atom is 0.418 e. The van der Waals surface area contributed by atoms with Gasteiger partial charge in [0.15, 0.2) is 11.6 Å². The van der Waals surface area contributed by atoms with Crippen molar-refractivity contribution in [3.8, 4) is 0 Å². The third kappa shape index (κ3) is 5.16. The summed E-state index contributed by atoms with van der Waals surface area (Å²) in [5.74, 6) is -3.04. The first-order chi connectivity index (χ1) is 12.5. The Labute approximate surface area is 153 Å². The van der Waals surface area contributed by atoms with Crippen LogP contribution in [0.1, 0.15) is 12.5 Å². The molecule has 11 heteroatoms. The summed E-state index contributed by atoms with van der Waals surface area (Å²) >= 11 is 0.807. The number of hydrogen-bond donors (Lipinski definition) is 1. The van der Waals surface area contributed by atoms with Gasteiger partial charge in [0.1, 0.15) is 0 Å². The molecule has 0 unspecified atom stereocenters. The van der Waals surface area contributed by atoms with Crippen LogP contribution in [-0.4, -0.2) is 16.1 Å². The molecule has 0 aliphatic carbocycles. The molecule has 0 saturated heterocycles. The van der Waals surface area contributed by atoms with Crippen molar-refractivity contribution < 1.29 is 31.7 Å². The van der Waals surface area contributed by atoms with Gasteiger partial charge in [0, 0.05) is 17.0 Å². The summed E-state index contributed by atoms with van der Waals surface area (Å²) in [6, 6.07) is 4.88. The van der Waals surface area contributed by atoms with E-state index in [1.807, 2.05) is 0 Å². The highest BCUT2D eigenvalue weighted by Crippen LogP contribution is 2.37. The number of rotatable bonds is 5. The Kier molecular flexibility index (Phi) is 6.04. The van der Waals surface area contributed by atoms with Crippen LogP contribution in [-0.2, 0) is 11.0 Å². The van der Waals surface area contributed by atoms with Gasteiger partial charge in [0.25, 0.3) is 5.69 Å². The van der Waals surface area contributed by atoms with E-state index in [4.69, 9.17) is 0 Å². The Morgan fingerprint density at radius 1 is 1.15 bits per heavy atom. The summed E-state index contributed by atoms with van der Waals surface area (Å²) in [6.07, 6.45) is -4.93. The van der Waals surface area contributed by atoms with E-state index in [0.29, 0.717) is 6.07 Å². The number of halogens is 5. The molecule has 0 fully saturated rings. The molecule has 0 aliphatic rings. The van der Waals surface area contributed by atoms with Crippen molar-refractivity contribution in [2.45, 2.75) is 23.2 Å². The minimum atomic E-state index is -4.93. The predicted molar refractivity (Wildman–Crippen MR) is 88.4 cm³/mol. The highest BCUT2D eigenvalue weighted by molar-refractivity contribution is 8.00. The molecule has 0 saturated carbocycles. The van der Waals surface area contributed by atoms with Gasteiger partial charge in [0.05, 0.1) is 21.4 Å².